The Labute approximate surface area is 103 Å². The van der Waals surface area contributed by atoms with Crippen molar-refractivity contribution in [3.05, 3.63) is 65.2 Å². The first-order chi connectivity index (χ1) is 8.58. The number of halogens is 2. The van der Waals surface area contributed by atoms with Crippen molar-refractivity contribution in [2.45, 2.75) is 6.92 Å². The Hall–Kier alpha value is -2.23. The van der Waals surface area contributed by atoms with Gasteiger partial charge in [0.25, 0.3) is 0 Å². The number of benzene rings is 2. The highest BCUT2D eigenvalue weighted by molar-refractivity contribution is 5.91. The Balaban J connectivity index is 2.24. The third kappa shape index (κ3) is 2.53. The standard InChI is InChI=1S/C14H10F2O2/c1-9-5-7-10(8-6-9)14(17)18-13-11(15)3-2-4-12(13)16/h2-8H,1H3. The summed E-state index contributed by atoms with van der Waals surface area (Å²) in [5.74, 6) is -3.28. The normalized spacial score (nSPS) is 10.2. The maximum absolute atomic E-state index is 13.3. The van der Waals surface area contributed by atoms with Gasteiger partial charge in [0, 0.05) is 0 Å². The molecule has 0 aromatic heterocycles. The van der Waals surface area contributed by atoms with Crippen LogP contribution in [0.4, 0.5) is 8.78 Å². The van der Waals surface area contributed by atoms with Crippen LogP contribution in [0, 0.1) is 18.6 Å². The third-order valence-corrected chi connectivity index (χ3v) is 2.40. The van der Waals surface area contributed by atoms with Crippen LogP contribution in [-0.2, 0) is 0 Å². The molecule has 2 rings (SSSR count). The van der Waals surface area contributed by atoms with E-state index >= 15 is 0 Å². The Kier molecular flexibility index (Phi) is 3.37. The summed E-state index contributed by atoms with van der Waals surface area (Å²) in [6.07, 6.45) is 0. The topological polar surface area (TPSA) is 26.3 Å². The van der Waals surface area contributed by atoms with Gasteiger partial charge in [0.2, 0.25) is 5.75 Å². The summed E-state index contributed by atoms with van der Waals surface area (Å²) >= 11 is 0. The first kappa shape index (κ1) is 12.2. The molecule has 0 N–H and O–H groups in total. The van der Waals surface area contributed by atoms with Gasteiger partial charge in [-0.15, -0.1) is 0 Å². The van der Waals surface area contributed by atoms with Gasteiger partial charge >= 0.3 is 5.97 Å². The Morgan fingerprint density at radius 1 is 1.00 bits per heavy atom. The fourth-order valence-electron chi connectivity index (χ4n) is 1.42. The summed E-state index contributed by atoms with van der Waals surface area (Å²) in [6.45, 7) is 1.87. The molecule has 0 spiro atoms. The van der Waals surface area contributed by atoms with Crippen molar-refractivity contribution < 1.29 is 18.3 Å². The van der Waals surface area contributed by atoms with E-state index in [0.717, 1.165) is 17.7 Å². The molecule has 0 radical (unpaired) electrons. The summed E-state index contributed by atoms with van der Waals surface area (Å²) in [6, 6.07) is 9.77. The number of esters is 1. The van der Waals surface area contributed by atoms with Gasteiger partial charge in [-0.2, -0.15) is 0 Å². The van der Waals surface area contributed by atoms with Gasteiger partial charge in [0.1, 0.15) is 0 Å². The average Bonchev–Trinajstić information content (AvgIpc) is 2.34. The second-order valence-electron chi connectivity index (χ2n) is 3.81. The number of hydrogen-bond donors (Lipinski definition) is 0. The Morgan fingerprint density at radius 2 is 1.56 bits per heavy atom. The lowest BCUT2D eigenvalue weighted by molar-refractivity contribution is 0.0720. The zero-order valence-corrected chi connectivity index (χ0v) is 9.61. The number of aryl methyl sites for hydroxylation is 1. The number of ether oxygens (including phenoxy) is 1. The van der Waals surface area contributed by atoms with E-state index < -0.39 is 23.4 Å². The van der Waals surface area contributed by atoms with Crippen molar-refractivity contribution >= 4 is 5.97 Å². The number of para-hydroxylation sites is 1. The molecule has 0 bridgehead atoms. The Bertz CT molecular complexity index is 557. The molecular formula is C14H10F2O2. The molecule has 0 saturated heterocycles. The maximum Gasteiger partial charge on any atom is 0.343 e. The van der Waals surface area contributed by atoms with Crippen LogP contribution in [0.3, 0.4) is 0 Å². The zero-order valence-electron chi connectivity index (χ0n) is 9.61. The van der Waals surface area contributed by atoms with E-state index in [1.807, 2.05) is 6.92 Å². The number of carbonyl (C=O) groups is 1. The van der Waals surface area contributed by atoms with E-state index in [-0.39, 0.29) is 5.56 Å². The van der Waals surface area contributed by atoms with E-state index in [0.29, 0.717) is 0 Å². The van der Waals surface area contributed by atoms with Gasteiger partial charge < -0.3 is 4.74 Å². The summed E-state index contributed by atoms with van der Waals surface area (Å²) in [5, 5.41) is 0. The molecule has 0 heterocycles. The molecule has 2 aromatic carbocycles. The number of rotatable bonds is 2. The molecule has 0 aliphatic heterocycles. The van der Waals surface area contributed by atoms with Crippen molar-refractivity contribution in [3.8, 4) is 5.75 Å². The second kappa shape index (κ2) is 4.96. The molecular weight excluding hydrogens is 238 g/mol. The minimum absolute atomic E-state index is 0.239. The van der Waals surface area contributed by atoms with Crippen LogP contribution in [0.25, 0.3) is 0 Å². The molecule has 18 heavy (non-hydrogen) atoms. The fourth-order valence-corrected chi connectivity index (χ4v) is 1.42. The first-order valence-electron chi connectivity index (χ1n) is 5.31. The van der Waals surface area contributed by atoms with Gasteiger partial charge in [-0.1, -0.05) is 23.8 Å². The molecule has 0 amide bonds. The SMILES string of the molecule is Cc1ccc(C(=O)Oc2c(F)cccc2F)cc1. The van der Waals surface area contributed by atoms with Crippen LogP contribution in [0.1, 0.15) is 15.9 Å². The minimum Gasteiger partial charge on any atom is -0.417 e. The molecule has 92 valence electrons. The molecule has 2 aromatic rings. The van der Waals surface area contributed by atoms with Gasteiger partial charge in [-0.05, 0) is 31.2 Å². The van der Waals surface area contributed by atoms with Crippen LogP contribution >= 0.6 is 0 Å². The maximum atomic E-state index is 13.3. The molecule has 0 aliphatic rings. The van der Waals surface area contributed by atoms with E-state index in [4.69, 9.17) is 4.74 Å². The van der Waals surface area contributed by atoms with Crippen molar-refractivity contribution in [2.75, 3.05) is 0 Å². The van der Waals surface area contributed by atoms with Crippen molar-refractivity contribution in [1.82, 2.24) is 0 Å². The van der Waals surface area contributed by atoms with Crippen LogP contribution in [0.5, 0.6) is 5.75 Å². The van der Waals surface area contributed by atoms with Gasteiger partial charge in [-0.3, -0.25) is 0 Å². The van der Waals surface area contributed by atoms with Gasteiger partial charge in [0.15, 0.2) is 11.6 Å². The summed E-state index contributed by atoms with van der Waals surface area (Å²) in [7, 11) is 0. The van der Waals surface area contributed by atoms with Crippen molar-refractivity contribution in [1.29, 1.82) is 0 Å². The van der Waals surface area contributed by atoms with Gasteiger partial charge in [-0.25, -0.2) is 13.6 Å². The van der Waals surface area contributed by atoms with Crippen LogP contribution < -0.4 is 4.74 Å². The van der Waals surface area contributed by atoms with Crippen LogP contribution in [-0.4, -0.2) is 5.97 Å². The lowest BCUT2D eigenvalue weighted by atomic mass is 10.1. The third-order valence-electron chi connectivity index (χ3n) is 2.40. The van der Waals surface area contributed by atoms with E-state index in [1.165, 1.54) is 18.2 Å². The fraction of sp³-hybridized carbons (Fsp3) is 0.0714. The monoisotopic (exact) mass is 248 g/mol. The average molecular weight is 248 g/mol. The molecule has 0 fully saturated rings. The molecule has 0 atom stereocenters. The lowest BCUT2D eigenvalue weighted by Gasteiger charge is -2.06. The molecule has 4 heteroatoms. The minimum atomic E-state index is -0.907. The van der Waals surface area contributed by atoms with Crippen molar-refractivity contribution in [3.63, 3.8) is 0 Å². The highest BCUT2D eigenvalue weighted by Crippen LogP contribution is 2.22. The van der Waals surface area contributed by atoms with Crippen LogP contribution in [0.2, 0.25) is 0 Å². The van der Waals surface area contributed by atoms with E-state index in [2.05, 4.69) is 0 Å². The summed E-state index contributed by atoms with van der Waals surface area (Å²) < 4.78 is 31.3. The first-order valence-corrected chi connectivity index (χ1v) is 5.31. The Morgan fingerprint density at radius 3 is 2.11 bits per heavy atom. The smallest absolute Gasteiger partial charge is 0.343 e. The van der Waals surface area contributed by atoms with Crippen molar-refractivity contribution in [2.24, 2.45) is 0 Å². The van der Waals surface area contributed by atoms with Crippen LogP contribution in [0.15, 0.2) is 42.5 Å². The molecule has 0 aliphatic carbocycles. The number of hydrogen-bond acceptors (Lipinski definition) is 2. The quantitative estimate of drug-likeness (QED) is 0.600. The van der Waals surface area contributed by atoms with E-state index in [9.17, 15) is 13.6 Å². The summed E-state index contributed by atoms with van der Waals surface area (Å²) in [4.78, 5) is 11.7. The molecule has 2 nitrogen and oxygen atoms in total. The summed E-state index contributed by atoms with van der Waals surface area (Å²) in [5.41, 5.74) is 1.21. The predicted molar refractivity (Wildman–Crippen MR) is 62.5 cm³/mol. The number of carbonyl (C=O) groups excluding carboxylic acids is 1. The molecule has 0 unspecified atom stereocenters. The predicted octanol–water partition coefficient (Wildman–Crippen LogP) is 3.49. The highest BCUT2D eigenvalue weighted by atomic mass is 19.1. The molecule has 0 saturated carbocycles. The van der Waals surface area contributed by atoms with E-state index in [1.54, 1.807) is 12.1 Å². The zero-order chi connectivity index (χ0) is 13.1. The highest BCUT2D eigenvalue weighted by Gasteiger charge is 2.15. The lowest BCUT2D eigenvalue weighted by Crippen LogP contribution is -2.10. The second-order valence-corrected chi connectivity index (χ2v) is 3.81. The van der Waals surface area contributed by atoms with Gasteiger partial charge in [0.05, 0.1) is 5.56 Å². The largest absolute Gasteiger partial charge is 0.417 e.